The Bertz CT molecular complexity index is 534. The number of alkyl halides is 3. The Morgan fingerprint density at radius 2 is 1.88 bits per heavy atom. The van der Waals surface area contributed by atoms with Crippen molar-refractivity contribution in [1.82, 2.24) is 15.5 Å². The number of nitrogens with one attached hydrogen (secondary N) is 2. The predicted octanol–water partition coefficient (Wildman–Crippen LogP) is 1.61. The van der Waals surface area contributed by atoms with Gasteiger partial charge >= 0.3 is 6.18 Å². The summed E-state index contributed by atoms with van der Waals surface area (Å²) >= 11 is 0. The summed E-state index contributed by atoms with van der Waals surface area (Å²) in [4.78, 5) is 13.3. The summed E-state index contributed by atoms with van der Waals surface area (Å²) in [5.41, 5.74) is 0.721. The minimum absolute atomic E-state index is 0. The Morgan fingerprint density at radius 3 is 2.40 bits per heavy atom. The summed E-state index contributed by atoms with van der Waals surface area (Å²) in [5.74, 6) is 0.236. The van der Waals surface area contributed by atoms with Crippen molar-refractivity contribution in [2.75, 3.05) is 39.8 Å². The van der Waals surface area contributed by atoms with Crippen LogP contribution in [0.15, 0.2) is 24.3 Å². The van der Waals surface area contributed by atoms with Crippen molar-refractivity contribution in [3.63, 3.8) is 0 Å². The number of methoxy groups -OCH3 is 1. The Labute approximate surface area is 151 Å². The van der Waals surface area contributed by atoms with Gasteiger partial charge < -0.3 is 15.4 Å². The Hall–Kier alpha value is -1.51. The lowest BCUT2D eigenvalue weighted by molar-refractivity contribution is -0.184. The van der Waals surface area contributed by atoms with E-state index in [1.54, 1.807) is 24.3 Å². The second-order valence-corrected chi connectivity index (χ2v) is 5.67. The van der Waals surface area contributed by atoms with Crippen molar-refractivity contribution in [3.05, 3.63) is 29.8 Å². The van der Waals surface area contributed by atoms with Crippen LogP contribution in [0, 0.1) is 0 Å². The number of rotatable bonds is 6. The molecule has 1 fully saturated rings. The van der Waals surface area contributed by atoms with E-state index in [4.69, 9.17) is 4.74 Å². The highest BCUT2D eigenvalue weighted by Crippen LogP contribution is 2.24. The molecule has 1 amide bonds. The van der Waals surface area contributed by atoms with E-state index in [-0.39, 0.29) is 18.8 Å². The molecule has 0 aromatic heterocycles. The molecule has 0 aliphatic carbocycles. The van der Waals surface area contributed by atoms with Crippen molar-refractivity contribution in [2.24, 2.45) is 0 Å². The fraction of sp³-hybridized carbons (Fsp3) is 0.562. The number of halogens is 4. The lowest BCUT2D eigenvalue weighted by Crippen LogP contribution is -2.57. The molecule has 1 unspecified atom stereocenters. The van der Waals surface area contributed by atoms with Crippen LogP contribution < -0.4 is 15.4 Å². The molecule has 5 nitrogen and oxygen atoms in total. The molecule has 1 aliphatic rings. The number of hydrogen-bond acceptors (Lipinski definition) is 4. The van der Waals surface area contributed by atoms with Crippen LogP contribution in [0.3, 0.4) is 0 Å². The van der Waals surface area contributed by atoms with Gasteiger partial charge in [-0.25, -0.2) is 0 Å². The van der Waals surface area contributed by atoms with Gasteiger partial charge in [-0.05, 0) is 17.7 Å². The first-order valence-corrected chi connectivity index (χ1v) is 7.81. The number of benzene rings is 1. The summed E-state index contributed by atoms with van der Waals surface area (Å²) in [6.45, 7) is 1.24. The predicted molar refractivity (Wildman–Crippen MR) is 91.2 cm³/mol. The Morgan fingerprint density at radius 1 is 1.28 bits per heavy atom. The van der Waals surface area contributed by atoms with Gasteiger partial charge in [0, 0.05) is 32.7 Å². The van der Waals surface area contributed by atoms with Crippen LogP contribution in [0.25, 0.3) is 0 Å². The van der Waals surface area contributed by atoms with Crippen LogP contribution in [-0.2, 0) is 11.2 Å². The molecule has 142 valence electrons. The third-order valence-electron chi connectivity index (χ3n) is 3.99. The zero-order chi connectivity index (χ0) is 17.6. The highest BCUT2D eigenvalue weighted by molar-refractivity contribution is 5.85. The van der Waals surface area contributed by atoms with Crippen LogP contribution in [0.2, 0.25) is 0 Å². The van der Waals surface area contributed by atoms with Gasteiger partial charge in [-0.1, -0.05) is 12.1 Å². The van der Waals surface area contributed by atoms with Gasteiger partial charge in [-0.3, -0.25) is 9.69 Å². The summed E-state index contributed by atoms with van der Waals surface area (Å²) < 4.78 is 44.7. The van der Waals surface area contributed by atoms with Crippen molar-refractivity contribution < 1.29 is 22.7 Å². The summed E-state index contributed by atoms with van der Waals surface area (Å²) in [6, 6.07) is 5.20. The van der Waals surface area contributed by atoms with E-state index in [1.807, 2.05) is 0 Å². The molecule has 1 atom stereocenters. The van der Waals surface area contributed by atoms with Gasteiger partial charge in [0.15, 0.2) is 0 Å². The molecule has 1 saturated heterocycles. The van der Waals surface area contributed by atoms with Gasteiger partial charge in [-0.15, -0.1) is 12.4 Å². The average Bonchev–Trinajstić information content (AvgIpc) is 2.55. The maximum atomic E-state index is 13.2. The number of carbonyl (C=O) groups excluding carboxylic acids is 1. The van der Waals surface area contributed by atoms with Crippen molar-refractivity contribution in [2.45, 2.75) is 18.6 Å². The third-order valence-corrected chi connectivity index (χ3v) is 3.99. The van der Waals surface area contributed by atoms with E-state index >= 15 is 0 Å². The van der Waals surface area contributed by atoms with Crippen LogP contribution in [0.4, 0.5) is 13.2 Å². The second-order valence-electron chi connectivity index (χ2n) is 5.67. The molecule has 1 heterocycles. The van der Waals surface area contributed by atoms with E-state index in [2.05, 4.69) is 10.6 Å². The standard InChI is InChI=1S/C16H22F3N3O2.ClH/c1-24-13-4-2-12(3-5-13)10-15(23)21-11-14(16(17,18)19)22-8-6-20-7-9-22;/h2-5,14,20H,6-11H2,1H3,(H,21,23);1H. The zero-order valence-electron chi connectivity index (χ0n) is 13.9. The van der Waals surface area contributed by atoms with Crippen LogP contribution in [-0.4, -0.2) is 62.9 Å². The molecular formula is C16H23ClF3N3O2. The first-order chi connectivity index (χ1) is 11.4. The molecule has 2 rings (SSSR count). The normalized spacial score (nSPS) is 16.6. The molecule has 1 aromatic carbocycles. The quantitative estimate of drug-likeness (QED) is 0.786. The minimum atomic E-state index is -4.37. The zero-order valence-corrected chi connectivity index (χ0v) is 14.8. The lowest BCUT2D eigenvalue weighted by atomic mass is 10.1. The van der Waals surface area contributed by atoms with Crippen LogP contribution in [0.1, 0.15) is 5.56 Å². The Kier molecular flexibility index (Phi) is 8.47. The van der Waals surface area contributed by atoms with Crippen molar-refractivity contribution >= 4 is 18.3 Å². The smallest absolute Gasteiger partial charge is 0.405 e. The molecule has 1 aromatic rings. The first kappa shape index (κ1) is 21.5. The number of piperazine rings is 1. The SMILES string of the molecule is COc1ccc(CC(=O)NCC(N2CCNCC2)C(F)(F)F)cc1.Cl. The Balaban J connectivity index is 0.00000312. The molecule has 1 aliphatic heterocycles. The first-order valence-electron chi connectivity index (χ1n) is 7.81. The second kappa shape index (κ2) is 9.84. The number of carbonyl (C=O) groups is 1. The number of hydrogen-bond donors (Lipinski definition) is 2. The maximum absolute atomic E-state index is 13.2. The molecule has 2 N–H and O–H groups in total. The largest absolute Gasteiger partial charge is 0.497 e. The third kappa shape index (κ3) is 6.72. The maximum Gasteiger partial charge on any atom is 0.405 e. The van der Waals surface area contributed by atoms with E-state index in [0.29, 0.717) is 31.9 Å². The minimum Gasteiger partial charge on any atom is -0.497 e. The van der Waals surface area contributed by atoms with Crippen LogP contribution in [0.5, 0.6) is 5.75 Å². The number of amides is 1. The highest BCUT2D eigenvalue weighted by atomic mass is 35.5. The summed E-state index contributed by atoms with van der Waals surface area (Å²) in [6.07, 6.45) is -4.33. The summed E-state index contributed by atoms with van der Waals surface area (Å²) in [5, 5.41) is 5.43. The van der Waals surface area contributed by atoms with Gasteiger partial charge in [0.2, 0.25) is 5.91 Å². The molecule has 0 spiro atoms. The molecule has 9 heteroatoms. The van der Waals surface area contributed by atoms with E-state index in [0.717, 1.165) is 5.56 Å². The average molecular weight is 382 g/mol. The lowest BCUT2D eigenvalue weighted by Gasteiger charge is -2.35. The molecule has 0 radical (unpaired) electrons. The molecule has 0 bridgehead atoms. The monoisotopic (exact) mass is 381 g/mol. The highest BCUT2D eigenvalue weighted by Gasteiger charge is 2.43. The van der Waals surface area contributed by atoms with E-state index < -0.39 is 24.7 Å². The van der Waals surface area contributed by atoms with Crippen LogP contribution >= 0.6 is 12.4 Å². The van der Waals surface area contributed by atoms with Gasteiger partial charge in [0.1, 0.15) is 11.8 Å². The van der Waals surface area contributed by atoms with E-state index in [1.165, 1.54) is 12.0 Å². The van der Waals surface area contributed by atoms with Crippen molar-refractivity contribution in [3.8, 4) is 5.75 Å². The summed E-state index contributed by atoms with van der Waals surface area (Å²) in [7, 11) is 1.54. The topological polar surface area (TPSA) is 53.6 Å². The van der Waals surface area contributed by atoms with Gasteiger partial charge in [0.25, 0.3) is 0 Å². The fourth-order valence-corrected chi connectivity index (χ4v) is 2.65. The molecule has 0 saturated carbocycles. The van der Waals surface area contributed by atoms with E-state index in [9.17, 15) is 18.0 Å². The fourth-order valence-electron chi connectivity index (χ4n) is 2.65. The molecule has 25 heavy (non-hydrogen) atoms. The number of ether oxygens (including phenoxy) is 1. The van der Waals surface area contributed by atoms with Crippen molar-refractivity contribution in [1.29, 1.82) is 0 Å². The molecular weight excluding hydrogens is 359 g/mol. The van der Waals surface area contributed by atoms with Gasteiger partial charge in [0.05, 0.1) is 13.5 Å². The van der Waals surface area contributed by atoms with Gasteiger partial charge in [-0.2, -0.15) is 13.2 Å². The number of nitrogens with zero attached hydrogens (tertiary/aromatic N) is 1.